The number of thioether (sulfide) groups is 1. The van der Waals surface area contributed by atoms with Crippen LogP contribution in [0.4, 0.5) is 0 Å². The first-order chi connectivity index (χ1) is 6.91. The maximum atomic E-state index is 3.72. The lowest BCUT2D eigenvalue weighted by atomic mass is 9.85. The van der Waals surface area contributed by atoms with Crippen LogP contribution in [-0.4, -0.2) is 11.5 Å². The standard InChI is InChI=1S/C12H15NS/c1-2-4-11-10(3-1)9-13-12(11)5-7-14-8-6-12/h1-4,13H,5-9H2. The Balaban J connectivity index is 2.03. The zero-order chi connectivity index (χ0) is 9.43. The lowest BCUT2D eigenvalue weighted by Crippen LogP contribution is -2.40. The average Bonchev–Trinajstić information content (AvgIpc) is 2.60. The topological polar surface area (TPSA) is 12.0 Å². The van der Waals surface area contributed by atoms with Crippen LogP contribution in [0.1, 0.15) is 24.0 Å². The molecular formula is C12H15NS. The number of fused-ring (bicyclic) bond motifs is 2. The van der Waals surface area contributed by atoms with Crippen molar-refractivity contribution in [1.82, 2.24) is 5.32 Å². The van der Waals surface area contributed by atoms with Gasteiger partial charge in [-0.05, 0) is 35.5 Å². The summed E-state index contributed by atoms with van der Waals surface area (Å²) in [5, 5.41) is 3.72. The highest BCUT2D eigenvalue weighted by Gasteiger charge is 2.38. The molecule has 1 N–H and O–H groups in total. The third kappa shape index (κ3) is 1.21. The molecule has 1 aromatic carbocycles. The Kier molecular flexibility index (Phi) is 2.06. The number of hydrogen-bond donors (Lipinski definition) is 1. The van der Waals surface area contributed by atoms with Gasteiger partial charge in [0, 0.05) is 12.1 Å². The largest absolute Gasteiger partial charge is 0.303 e. The maximum Gasteiger partial charge on any atom is 0.0456 e. The lowest BCUT2D eigenvalue weighted by Gasteiger charge is -2.34. The minimum Gasteiger partial charge on any atom is -0.303 e. The van der Waals surface area contributed by atoms with Crippen LogP contribution < -0.4 is 5.32 Å². The van der Waals surface area contributed by atoms with E-state index in [1.54, 1.807) is 5.56 Å². The van der Waals surface area contributed by atoms with Gasteiger partial charge in [-0.1, -0.05) is 24.3 Å². The minimum absolute atomic E-state index is 0.335. The van der Waals surface area contributed by atoms with E-state index >= 15 is 0 Å². The van der Waals surface area contributed by atoms with Crippen LogP contribution in [0.15, 0.2) is 24.3 Å². The molecule has 0 atom stereocenters. The minimum atomic E-state index is 0.335. The van der Waals surface area contributed by atoms with E-state index in [-0.39, 0.29) is 0 Å². The first-order valence-electron chi connectivity index (χ1n) is 5.32. The fourth-order valence-electron chi connectivity index (χ4n) is 2.67. The molecule has 1 aromatic rings. The summed E-state index contributed by atoms with van der Waals surface area (Å²) in [5.41, 5.74) is 3.42. The highest BCUT2D eigenvalue weighted by molar-refractivity contribution is 7.99. The van der Waals surface area contributed by atoms with E-state index in [0.717, 1.165) is 6.54 Å². The quantitative estimate of drug-likeness (QED) is 0.698. The molecule has 0 amide bonds. The molecule has 14 heavy (non-hydrogen) atoms. The van der Waals surface area contributed by atoms with E-state index < -0.39 is 0 Å². The Morgan fingerprint density at radius 3 is 2.79 bits per heavy atom. The summed E-state index contributed by atoms with van der Waals surface area (Å²) in [7, 11) is 0. The van der Waals surface area contributed by atoms with Gasteiger partial charge in [-0.15, -0.1) is 0 Å². The van der Waals surface area contributed by atoms with E-state index in [0.29, 0.717) is 5.54 Å². The molecule has 2 heterocycles. The fourth-order valence-corrected chi connectivity index (χ4v) is 3.86. The molecule has 1 saturated heterocycles. The van der Waals surface area contributed by atoms with Gasteiger partial charge < -0.3 is 5.32 Å². The monoisotopic (exact) mass is 205 g/mol. The van der Waals surface area contributed by atoms with Gasteiger partial charge in [0.1, 0.15) is 0 Å². The van der Waals surface area contributed by atoms with E-state index in [4.69, 9.17) is 0 Å². The first kappa shape index (κ1) is 8.81. The second-order valence-corrected chi connectivity index (χ2v) is 5.43. The molecule has 0 saturated carbocycles. The predicted molar refractivity (Wildman–Crippen MR) is 61.5 cm³/mol. The molecule has 74 valence electrons. The van der Waals surface area contributed by atoms with Gasteiger partial charge in [0.2, 0.25) is 0 Å². The highest BCUT2D eigenvalue weighted by Crippen LogP contribution is 2.41. The van der Waals surface area contributed by atoms with Crippen molar-refractivity contribution in [2.24, 2.45) is 0 Å². The van der Waals surface area contributed by atoms with Gasteiger partial charge in [-0.3, -0.25) is 0 Å². The Morgan fingerprint density at radius 1 is 1.14 bits per heavy atom. The molecule has 1 nitrogen and oxygen atoms in total. The van der Waals surface area contributed by atoms with Gasteiger partial charge in [-0.25, -0.2) is 0 Å². The number of benzene rings is 1. The normalized spacial score (nSPS) is 23.7. The van der Waals surface area contributed by atoms with Crippen LogP contribution in [0.25, 0.3) is 0 Å². The Hall–Kier alpha value is -0.470. The average molecular weight is 205 g/mol. The summed E-state index contributed by atoms with van der Waals surface area (Å²) < 4.78 is 0. The maximum absolute atomic E-state index is 3.72. The molecule has 0 unspecified atom stereocenters. The molecule has 2 heteroatoms. The molecule has 0 radical (unpaired) electrons. The van der Waals surface area contributed by atoms with E-state index in [1.807, 2.05) is 0 Å². The second-order valence-electron chi connectivity index (χ2n) is 4.21. The number of rotatable bonds is 0. The van der Waals surface area contributed by atoms with Crippen molar-refractivity contribution in [2.75, 3.05) is 11.5 Å². The zero-order valence-corrected chi connectivity index (χ0v) is 9.07. The molecule has 1 spiro atoms. The van der Waals surface area contributed by atoms with Crippen LogP contribution in [0, 0.1) is 0 Å². The SMILES string of the molecule is c1ccc2c(c1)CNC21CCSCC1. The second kappa shape index (κ2) is 3.28. The summed E-state index contributed by atoms with van der Waals surface area (Å²) in [6.45, 7) is 1.07. The third-order valence-electron chi connectivity index (χ3n) is 3.50. The third-order valence-corrected chi connectivity index (χ3v) is 4.48. The molecule has 0 aromatic heterocycles. The molecule has 0 aliphatic carbocycles. The zero-order valence-electron chi connectivity index (χ0n) is 8.25. The predicted octanol–water partition coefficient (Wildman–Crippen LogP) is 2.51. The Bertz CT molecular complexity index is 336. The van der Waals surface area contributed by atoms with E-state index in [1.165, 1.54) is 29.9 Å². The molecule has 1 fully saturated rings. The van der Waals surface area contributed by atoms with Crippen LogP contribution in [0.5, 0.6) is 0 Å². The van der Waals surface area contributed by atoms with Crippen molar-refractivity contribution in [2.45, 2.75) is 24.9 Å². The molecule has 2 aliphatic heterocycles. The smallest absolute Gasteiger partial charge is 0.0456 e. The molecule has 2 aliphatic rings. The summed E-state index contributed by atoms with van der Waals surface area (Å²) in [5.74, 6) is 2.61. The van der Waals surface area contributed by atoms with Crippen LogP contribution in [0.2, 0.25) is 0 Å². The van der Waals surface area contributed by atoms with Crippen LogP contribution in [0.3, 0.4) is 0 Å². The number of nitrogens with one attached hydrogen (secondary N) is 1. The molecule has 0 bridgehead atoms. The van der Waals surface area contributed by atoms with Gasteiger partial charge in [0.15, 0.2) is 0 Å². The Labute approximate surface area is 89.3 Å². The molecular weight excluding hydrogens is 190 g/mol. The van der Waals surface area contributed by atoms with E-state index in [9.17, 15) is 0 Å². The van der Waals surface area contributed by atoms with Gasteiger partial charge in [-0.2, -0.15) is 11.8 Å². The fraction of sp³-hybridized carbons (Fsp3) is 0.500. The van der Waals surface area contributed by atoms with Crippen molar-refractivity contribution >= 4 is 11.8 Å². The van der Waals surface area contributed by atoms with Crippen molar-refractivity contribution in [3.05, 3.63) is 35.4 Å². The van der Waals surface area contributed by atoms with Crippen LogP contribution in [-0.2, 0) is 12.1 Å². The summed E-state index contributed by atoms with van der Waals surface area (Å²) in [6.07, 6.45) is 2.60. The van der Waals surface area contributed by atoms with Crippen molar-refractivity contribution in [1.29, 1.82) is 0 Å². The van der Waals surface area contributed by atoms with E-state index in [2.05, 4.69) is 41.3 Å². The van der Waals surface area contributed by atoms with Crippen molar-refractivity contribution < 1.29 is 0 Å². The number of hydrogen-bond acceptors (Lipinski definition) is 2. The van der Waals surface area contributed by atoms with Gasteiger partial charge in [0.25, 0.3) is 0 Å². The summed E-state index contributed by atoms with van der Waals surface area (Å²) in [4.78, 5) is 0. The summed E-state index contributed by atoms with van der Waals surface area (Å²) >= 11 is 2.09. The first-order valence-corrected chi connectivity index (χ1v) is 6.47. The van der Waals surface area contributed by atoms with Gasteiger partial charge >= 0.3 is 0 Å². The highest BCUT2D eigenvalue weighted by atomic mass is 32.2. The summed E-state index contributed by atoms with van der Waals surface area (Å²) in [6, 6.07) is 8.90. The van der Waals surface area contributed by atoms with Crippen LogP contribution >= 0.6 is 11.8 Å². The van der Waals surface area contributed by atoms with Crippen molar-refractivity contribution in [3.63, 3.8) is 0 Å². The lowest BCUT2D eigenvalue weighted by molar-refractivity contribution is 0.334. The van der Waals surface area contributed by atoms with Gasteiger partial charge in [0.05, 0.1) is 0 Å². The van der Waals surface area contributed by atoms with Crippen molar-refractivity contribution in [3.8, 4) is 0 Å². The molecule has 3 rings (SSSR count). The Morgan fingerprint density at radius 2 is 1.93 bits per heavy atom.